The molecule has 0 saturated carbocycles. The van der Waals surface area contributed by atoms with Crippen molar-refractivity contribution < 1.29 is 23.1 Å². The third-order valence-corrected chi connectivity index (χ3v) is 2.93. The van der Waals surface area contributed by atoms with Gasteiger partial charge in [-0.2, -0.15) is 0 Å². The van der Waals surface area contributed by atoms with E-state index >= 15 is 0 Å². The van der Waals surface area contributed by atoms with Gasteiger partial charge in [-0.3, -0.25) is 0 Å². The van der Waals surface area contributed by atoms with E-state index in [0.717, 1.165) is 18.4 Å². The van der Waals surface area contributed by atoms with Gasteiger partial charge in [0.15, 0.2) is 11.6 Å². The van der Waals surface area contributed by atoms with E-state index in [1.165, 1.54) is 12.1 Å². The predicted molar refractivity (Wildman–Crippen MR) is 67.3 cm³/mol. The molecular weight excluding hydrogens is 268 g/mol. The molecule has 20 heavy (non-hydrogen) atoms. The van der Waals surface area contributed by atoms with Crippen molar-refractivity contribution in [3.63, 3.8) is 0 Å². The normalized spacial score (nSPS) is 12.3. The molecule has 0 spiro atoms. The second-order valence-corrected chi connectivity index (χ2v) is 4.38. The minimum absolute atomic E-state index is 0.0716. The van der Waals surface area contributed by atoms with Crippen LogP contribution in [0.5, 0.6) is 0 Å². The number of aromatic carboxylic acids is 1. The lowest BCUT2D eigenvalue weighted by Crippen LogP contribution is -2.18. The third kappa shape index (κ3) is 3.21. The zero-order valence-corrected chi connectivity index (χ0v) is 10.7. The number of carbonyl (C=O) groups is 1. The molecule has 1 aromatic heterocycles. The van der Waals surface area contributed by atoms with E-state index in [0.29, 0.717) is 11.3 Å². The van der Waals surface area contributed by atoms with Gasteiger partial charge in [0.1, 0.15) is 12.0 Å². The predicted octanol–water partition coefficient (Wildman–Crippen LogP) is 3.11. The van der Waals surface area contributed by atoms with Crippen LogP contribution in [0.4, 0.5) is 8.78 Å². The average Bonchev–Trinajstić information content (AvgIpc) is 2.88. The minimum Gasteiger partial charge on any atom is -0.478 e. The standard InChI is InChI=1S/C14H13F2NO3/c1-8(9-2-3-12(15)13(16)5-9)17-6-11-4-10(7-20-11)14(18)19/h2-5,7-8,17H,6H2,1H3,(H,18,19). The Morgan fingerprint density at radius 3 is 2.70 bits per heavy atom. The highest BCUT2D eigenvalue weighted by Crippen LogP contribution is 2.17. The summed E-state index contributed by atoms with van der Waals surface area (Å²) in [6.07, 6.45) is 1.15. The lowest BCUT2D eigenvalue weighted by atomic mass is 10.1. The lowest BCUT2D eigenvalue weighted by molar-refractivity contribution is 0.0696. The molecule has 1 heterocycles. The van der Waals surface area contributed by atoms with Gasteiger partial charge in [0, 0.05) is 6.04 Å². The first-order valence-electron chi connectivity index (χ1n) is 5.96. The van der Waals surface area contributed by atoms with Gasteiger partial charge in [-0.25, -0.2) is 13.6 Å². The quantitative estimate of drug-likeness (QED) is 0.884. The summed E-state index contributed by atoms with van der Waals surface area (Å²) in [4.78, 5) is 10.7. The molecule has 0 aliphatic carbocycles. The molecule has 1 unspecified atom stereocenters. The number of nitrogens with one attached hydrogen (secondary N) is 1. The Morgan fingerprint density at radius 1 is 1.35 bits per heavy atom. The number of rotatable bonds is 5. The molecule has 2 rings (SSSR count). The fourth-order valence-corrected chi connectivity index (χ4v) is 1.74. The summed E-state index contributed by atoms with van der Waals surface area (Å²) >= 11 is 0. The lowest BCUT2D eigenvalue weighted by Gasteiger charge is -2.13. The highest BCUT2D eigenvalue weighted by molar-refractivity contribution is 5.87. The second-order valence-electron chi connectivity index (χ2n) is 4.38. The molecule has 0 amide bonds. The maximum atomic E-state index is 13.1. The van der Waals surface area contributed by atoms with Crippen molar-refractivity contribution in [1.29, 1.82) is 0 Å². The SMILES string of the molecule is CC(NCc1cc(C(=O)O)co1)c1ccc(F)c(F)c1. The molecule has 0 aliphatic rings. The molecule has 106 valence electrons. The van der Waals surface area contributed by atoms with Crippen molar-refractivity contribution in [3.8, 4) is 0 Å². The number of hydrogen-bond acceptors (Lipinski definition) is 3. The van der Waals surface area contributed by atoms with Gasteiger partial charge in [-0.15, -0.1) is 0 Å². The summed E-state index contributed by atoms with van der Waals surface area (Å²) in [5.41, 5.74) is 0.663. The van der Waals surface area contributed by atoms with Crippen molar-refractivity contribution in [2.75, 3.05) is 0 Å². The van der Waals surface area contributed by atoms with Crippen LogP contribution in [0.2, 0.25) is 0 Å². The van der Waals surface area contributed by atoms with Crippen molar-refractivity contribution in [2.45, 2.75) is 19.5 Å². The largest absolute Gasteiger partial charge is 0.478 e. The molecule has 0 fully saturated rings. The summed E-state index contributed by atoms with van der Waals surface area (Å²) in [5, 5.41) is 11.8. The van der Waals surface area contributed by atoms with E-state index < -0.39 is 17.6 Å². The number of halogens is 2. The van der Waals surface area contributed by atoms with Gasteiger partial charge < -0.3 is 14.8 Å². The zero-order valence-electron chi connectivity index (χ0n) is 10.7. The Hall–Kier alpha value is -2.21. The van der Waals surface area contributed by atoms with Gasteiger partial charge in [-0.1, -0.05) is 6.07 Å². The number of carboxylic acids is 1. The molecule has 1 aromatic carbocycles. The summed E-state index contributed by atoms with van der Waals surface area (Å²) in [7, 11) is 0. The Balaban J connectivity index is 1.98. The first-order chi connectivity index (χ1) is 9.47. The summed E-state index contributed by atoms with van der Waals surface area (Å²) in [5.74, 6) is -2.40. The smallest absolute Gasteiger partial charge is 0.338 e. The zero-order chi connectivity index (χ0) is 14.7. The van der Waals surface area contributed by atoms with Crippen LogP contribution in [0.1, 0.15) is 34.6 Å². The molecule has 4 nitrogen and oxygen atoms in total. The fraction of sp³-hybridized carbons (Fsp3) is 0.214. The minimum atomic E-state index is -1.06. The average molecular weight is 281 g/mol. The van der Waals surface area contributed by atoms with Gasteiger partial charge in [0.25, 0.3) is 0 Å². The second kappa shape index (κ2) is 5.83. The summed E-state index contributed by atoms with van der Waals surface area (Å²) in [6, 6.07) is 4.85. The van der Waals surface area contributed by atoms with Crippen LogP contribution in [0.25, 0.3) is 0 Å². The van der Waals surface area contributed by atoms with E-state index in [4.69, 9.17) is 9.52 Å². The van der Waals surface area contributed by atoms with Gasteiger partial charge in [0.2, 0.25) is 0 Å². The Morgan fingerprint density at radius 2 is 2.10 bits per heavy atom. The van der Waals surface area contributed by atoms with E-state index in [1.807, 2.05) is 0 Å². The van der Waals surface area contributed by atoms with Crippen molar-refractivity contribution in [2.24, 2.45) is 0 Å². The number of furan rings is 1. The molecular formula is C14H13F2NO3. The molecule has 0 aliphatic heterocycles. The maximum Gasteiger partial charge on any atom is 0.338 e. The van der Waals surface area contributed by atoms with Crippen LogP contribution in [-0.2, 0) is 6.54 Å². The molecule has 0 bridgehead atoms. The van der Waals surface area contributed by atoms with E-state index in [9.17, 15) is 13.6 Å². The highest BCUT2D eigenvalue weighted by Gasteiger charge is 2.11. The van der Waals surface area contributed by atoms with E-state index in [-0.39, 0.29) is 18.2 Å². The monoisotopic (exact) mass is 281 g/mol. The van der Waals surface area contributed by atoms with Crippen LogP contribution in [-0.4, -0.2) is 11.1 Å². The van der Waals surface area contributed by atoms with Crippen LogP contribution in [0.15, 0.2) is 34.9 Å². The Kier molecular flexibility index (Phi) is 4.14. The van der Waals surface area contributed by atoms with Gasteiger partial charge in [0.05, 0.1) is 12.1 Å². The number of carboxylic acid groups (broad SMARTS) is 1. The van der Waals surface area contributed by atoms with Gasteiger partial charge >= 0.3 is 5.97 Å². The molecule has 2 aromatic rings. The van der Waals surface area contributed by atoms with Crippen molar-refractivity contribution in [1.82, 2.24) is 5.32 Å². The summed E-state index contributed by atoms with van der Waals surface area (Å²) < 4.78 is 31.0. The fourth-order valence-electron chi connectivity index (χ4n) is 1.74. The first-order valence-corrected chi connectivity index (χ1v) is 5.96. The molecule has 1 atom stereocenters. The number of benzene rings is 1. The van der Waals surface area contributed by atoms with Crippen LogP contribution in [0, 0.1) is 11.6 Å². The molecule has 0 saturated heterocycles. The van der Waals surface area contributed by atoms with Crippen LogP contribution in [0.3, 0.4) is 0 Å². The van der Waals surface area contributed by atoms with Crippen molar-refractivity contribution in [3.05, 3.63) is 59.1 Å². The Labute approximate surface area is 114 Å². The topological polar surface area (TPSA) is 62.5 Å². The van der Waals surface area contributed by atoms with Crippen molar-refractivity contribution >= 4 is 5.97 Å². The molecule has 2 N–H and O–H groups in total. The number of hydrogen-bond donors (Lipinski definition) is 2. The van der Waals surface area contributed by atoms with E-state index in [2.05, 4.69) is 5.32 Å². The maximum absolute atomic E-state index is 13.1. The molecule has 6 heteroatoms. The molecule has 0 radical (unpaired) electrons. The van der Waals surface area contributed by atoms with E-state index in [1.54, 1.807) is 6.92 Å². The van der Waals surface area contributed by atoms with Gasteiger partial charge in [-0.05, 0) is 30.7 Å². The highest BCUT2D eigenvalue weighted by atomic mass is 19.2. The first kappa shape index (κ1) is 14.2. The Bertz CT molecular complexity index is 625. The van der Waals surface area contributed by atoms with Crippen LogP contribution < -0.4 is 5.32 Å². The third-order valence-electron chi connectivity index (χ3n) is 2.93. The summed E-state index contributed by atoms with van der Waals surface area (Å²) in [6.45, 7) is 2.07. The van der Waals surface area contributed by atoms with Crippen LogP contribution >= 0.6 is 0 Å².